The number of aliphatic hydroxyl groups excluding tert-OH is 1. The number of nitrogens with zero attached hydrogens (tertiary/aromatic N) is 2. The molecule has 0 saturated carbocycles. The van der Waals surface area contributed by atoms with Gasteiger partial charge in [-0.3, -0.25) is 14.6 Å². The molecule has 0 aliphatic carbocycles. The number of carbonyl (C=O) groups is 2. The summed E-state index contributed by atoms with van der Waals surface area (Å²) in [5, 5.41) is 11.1. The summed E-state index contributed by atoms with van der Waals surface area (Å²) in [4.78, 5) is 31.4. The lowest BCUT2D eigenvalue weighted by Gasteiger charge is -2.24. The average molecular weight is 388 g/mol. The lowest BCUT2D eigenvalue weighted by Crippen LogP contribution is -2.29. The number of ketones is 1. The molecule has 6 nitrogen and oxygen atoms in total. The molecular weight excluding hydrogens is 368 g/mol. The number of rotatable bonds is 4. The van der Waals surface area contributed by atoms with Crippen molar-refractivity contribution in [3.63, 3.8) is 0 Å². The van der Waals surface area contributed by atoms with E-state index in [0.717, 1.165) is 11.1 Å². The van der Waals surface area contributed by atoms with Gasteiger partial charge in [0.05, 0.1) is 24.4 Å². The molecule has 1 fully saturated rings. The van der Waals surface area contributed by atoms with Gasteiger partial charge < -0.3 is 14.4 Å². The number of amides is 1. The first-order valence-electron chi connectivity index (χ1n) is 9.25. The highest BCUT2D eigenvalue weighted by molar-refractivity contribution is 6.46. The van der Waals surface area contributed by atoms with E-state index in [2.05, 4.69) is 4.98 Å². The van der Waals surface area contributed by atoms with Gasteiger partial charge in [-0.15, -0.1) is 0 Å². The maximum absolute atomic E-state index is 13.0. The van der Waals surface area contributed by atoms with E-state index in [4.69, 9.17) is 4.42 Å². The van der Waals surface area contributed by atoms with Crippen LogP contribution in [0.1, 0.15) is 34.1 Å². The average Bonchev–Trinajstić information content (AvgIpc) is 3.32. The molecule has 1 N–H and O–H groups in total. The maximum atomic E-state index is 13.0. The van der Waals surface area contributed by atoms with Gasteiger partial charge in [0.15, 0.2) is 0 Å². The van der Waals surface area contributed by atoms with Gasteiger partial charge in [-0.2, -0.15) is 0 Å². The van der Waals surface area contributed by atoms with Crippen LogP contribution in [0.2, 0.25) is 0 Å². The van der Waals surface area contributed by atoms with E-state index >= 15 is 0 Å². The van der Waals surface area contributed by atoms with Crippen molar-refractivity contribution in [1.29, 1.82) is 0 Å². The molecule has 1 amide bonds. The molecule has 3 heterocycles. The number of aliphatic hydroxyl groups is 1. The Morgan fingerprint density at radius 3 is 2.69 bits per heavy atom. The molecule has 0 unspecified atom stereocenters. The van der Waals surface area contributed by atoms with Crippen LogP contribution in [0, 0.1) is 13.8 Å². The number of likely N-dealkylation sites (tertiary alicyclic amines) is 1. The van der Waals surface area contributed by atoms with Gasteiger partial charge in [-0.1, -0.05) is 23.8 Å². The summed E-state index contributed by atoms with van der Waals surface area (Å²) in [6.07, 6.45) is 4.73. The van der Waals surface area contributed by atoms with E-state index in [1.165, 1.54) is 11.2 Å². The van der Waals surface area contributed by atoms with Crippen LogP contribution < -0.4 is 0 Å². The fraction of sp³-hybridized carbons (Fsp3) is 0.174. The smallest absolute Gasteiger partial charge is 0.296 e. The highest BCUT2D eigenvalue weighted by atomic mass is 16.3. The van der Waals surface area contributed by atoms with Crippen molar-refractivity contribution in [2.75, 3.05) is 0 Å². The molecule has 2 aromatic heterocycles. The second-order valence-corrected chi connectivity index (χ2v) is 7.11. The first kappa shape index (κ1) is 18.7. The predicted octanol–water partition coefficient (Wildman–Crippen LogP) is 3.91. The molecule has 146 valence electrons. The lowest BCUT2D eigenvalue weighted by atomic mass is 9.94. The molecule has 6 heteroatoms. The minimum absolute atomic E-state index is 0.0586. The van der Waals surface area contributed by atoms with Gasteiger partial charge in [-0.25, -0.2) is 0 Å². The summed E-state index contributed by atoms with van der Waals surface area (Å²) >= 11 is 0. The normalized spacial score (nSPS) is 18.4. The van der Waals surface area contributed by atoms with Crippen molar-refractivity contribution >= 4 is 17.4 Å². The number of hydrogen-bond donors (Lipinski definition) is 1. The summed E-state index contributed by atoms with van der Waals surface area (Å²) in [6.45, 7) is 3.87. The molecule has 3 aromatic rings. The predicted molar refractivity (Wildman–Crippen MR) is 107 cm³/mol. The van der Waals surface area contributed by atoms with Crippen LogP contribution in [0.25, 0.3) is 5.76 Å². The summed E-state index contributed by atoms with van der Waals surface area (Å²) in [5.41, 5.74) is 3.00. The Bertz CT molecular complexity index is 1100. The topological polar surface area (TPSA) is 83.6 Å². The molecule has 1 aliphatic rings. The molecule has 1 aliphatic heterocycles. The van der Waals surface area contributed by atoms with Crippen LogP contribution in [0.4, 0.5) is 0 Å². The second kappa shape index (κ2) is 7.39. The van der Waals surface area contributed by atoms with Crippen LogP contribution in [0.15, 0.2) is 71.1 Å². The van der Waals surface area contributed by atoms with E-state index in [1.807, 2.05) is 32.0 Å². The molecule has 0 bridgehead atoms. The van der Waals surface area contributed by atoms with E-state index in [-0.39, 0.29) is 17.9 Å². The molecule has 0 radical (unpaired) electrons. The zero-order valence-electron chi connectivity index (χ0n) is 16.1. The first-order valence-corrected chi connectivity index (χ1v) is 9.25. The summed E-state index contributed by atoms with van der Waals surface area (Å²) in [6, 6.07) is 11.8. The van der Waals surface area contributed by atoms with Crippen molar-refractivity contribution < 1.29 is 19.1 Å². The van der Waals surface area contributed by atoms with Gasteiger partial charge in [-0.05, 0) is 49.2 Å². The number of Topliss-reactive ketones (excluding diaryl/α,β-unsaturated/α-hetero) is 1. The Morgan fingerprint density at radius 2 is 2.00 bits per heavy atom. The van der Waals surface area contributed by atoms with Crippen molar-refractivity contribution in [3.8, 4) is 0 Å². The number of aromatic nitrogens is 1. The minimum Gasteiger partial charge on any atom is -0.507 e. The Kier molecular flexibility index (Phi) is 4.76. The van der Waals surface area contributed by atoms with Gasteiger partial charge in [0.1, 0.15) is 11.5 Å². The standard InChI is InChI=1S/C23H20N2O4/c1-14-7-8-15(2)18(11-14)21(26)19-20(16-5-3-9-24-12-16)25(23(28)22(19)27)13-17-6-4-10-29-17/h3-12,20,26H,13H2,1-2H3/t20-/m0/s1. The molecule has 1 saturated heterocycles. The van der Waals surface area contributed by atoms with E-state index < -0.39 is 17.7 Å². The number of hydrogen-bond acceptors (Lipinski definition) is 5. The Hall–Kier alpha value is -3.67. The van der Waals surface area contributed by atoms with Gasteiger partial charge in [0.25, 0.3) is 11.7 Å². The number of benzene rings is 1. The first-order chi connectivity index (χ1) is 14.0. The zero-order valence-corrected chi connectivity index (χ0v) is 16.1. The SMILES string of the molecule is Cc1ccc(C)c(C(O)=C2C(=O)C(=O)N(Cc3ccco3)[C@H]2c2cccnc2)c1. The summed E-state index contributed by atoms with van der Waals surface area (Å²) < 4.78 is 5.38. The molecule has 1 aromatic carbocycles. The van der Waals surface area contributed by atoms with Crippen molar-refractivity contribution in [2.45, 2.75) is 26.4 Å². The number of carbonyl (C=O) groups excluding carboxylic acids is 2. The van der Waals surface area contributed by atoms with Gasteiger partial charge in [0.2, 0.25) is 0 Å². The van der Waals surface area contributed by atoms with E-state index in [0.29, 0.717) is 16.9 Å². The highest BCUT2D eigenvalue weighted by Gasteiger charge is 2.46. The third-order valence-electron chi connectivity index (χ3n) is 5.09. The Labute approximate surface area is 168 Å². The highest BCUT2D eigenvalue weighted by Crippen LogP contribution is 2.40. The molecular formula is C23H20N2O4. The van der Waals surface area contributed by atoms with E-state index in [1.54, 1.807) is 36.7 Å². The largest absolute Gasteiger partial charge is 0.507 e. The van der Waals surface area contributed by atoms with Crippen LogP contribution in [0.5, 0.6) is 0 Å². The molecule has 4 rings (SSSR count). The number of furan rings is 1. The van der Waals surface area contributed by atoms with E-state index in [9.17, 15) is 14.7 Å². The quantitative estimate of drug-likeness (QED) is 0.416. The maximum Gasteiger partial charge on any atom is 0.296 e. The lowest BCUT2D eigenvalue weighted by molar-refractivity contribution is -0.140. The van der Waals surface area contributed by atoms with Crippen molar-refractivity contribution in [3.05, 3.63) is 94.7 Å². The fourth-order valence-electron chi connectivity index (χ4n) is 3.63. The number of aryl methyl sites for hydroxylation is 2. The molecule has 0 spiro atoms. The van der Waals surface area contributed by atoms with Crippen LogP contribution in [0.3, 0.4) is 0 Å². The monoisotopic (exact) mass is 388 g/mol. The van der Waals surface area contributed by atoms with Gasteiger partial charge >= 0.3 is 0 Å². The molecule has 29 heavy (non-hydrogen) atoms. The third-order valence-corrected chi connectivity index (χ3v) is 5.09. The minimum atomic E-state index is -0.756. The van der Waals surface area contributed by atoms with Crippen molar-refractivity contribution in [1.82, 2.24) is 9.88 Å². The summed E-state index contributed by atoms with van der Waals surface area (Å²) in [7, 11) is 0. The summed E-state index contributed by atoms with van der Waals surface area (Å²) in [5.74, 6) is -1.03. The molecule has 1 atom stereocenters. The number of pyridine rings is 1. The second-order valence-electron chi connectivity index (χ2n) is 7.11. The van der Waals surface area contributed by atoms with Crippen LogP contribution in [-0.2, 0) is 16.1 Å². The third kappa shape index (κ3) is 3.33. The van der Waals surface area contributed by atoms with Crippen molar-refractivity contribution in [2.24, 2.45) is 0 Å². The van der Waals surface area contributed by atoms with Crippen LogP contribution in [-0.4, -0.2) is 26.7 Å². The fourth-order valence-corrected chi connectivity index (χ4v) is 3.63. The van der Waals surface area contributed by atoms with Crippen LogP contribution >= 0.6 is 0 Å². The van der Waals surface area contributed by atoms with Gasteiger partial charge in [0, 0.05) is 18.0 Å². The Morgan fingerprint density at radius 1 is 1.17 bits per heavy atom. The Balaban J connectivity index is 1.90. The zero-order chi connectivity index (χ0) is 20.5.